The number of fused-ring (bicyclic) bond motifs is 5. The zero-order chi connectivity index (χ0) is 18.7. The number of imidazole rings is 1. The monoisotopic (exact) mass is 358 g/mol. The summed E-state index contributed by atoms with van der Waals surface area (Å²) in [7, 11) is 0. The molecule has 0 aliphatic carbocycles. The summed E-state index contributed by atoms with van der Waals surface area (Å²) < 4.78 is 1.83. The molecule has 0 saturated carbocycles. The van der Waals surface area contributed by atoms with E-state index in [2.05, 4.69) is 24.9 Å². The third-order valence-corrected chi connectivity index (χ3v) is 4.71. The Morgan fingerprint density at radius 3 is 2.81 bits per heavy atom. The van der Waals surface area contributed by atoms with E-state index in [1.54, 1.807) is 30.9 Å². The van der Waals surface area contributed by atoms with Crippen LogP contribution in [-0.2, 0) is 0 Å². The predicted octanol–water partition coefficient (Wildman–Crippen LogP) is 2.63. The van der Waals surface area contributed by atoms with Crippen LogP contribution < -0.4 is 5.43 Å². The molecule has 1 aromatic carbocycles. The van der Waals surface area contributed by atoms with E-state index in [1.807, 2.05) is 11.3 Å². The van der Waals surface area contributed by atoms with Crippen molar-refractivity contribution in [2.45, 2.75) is 13.8 Å². The minimum absolute atomic E-state index is 0.142. The first kappa shape index (κ1) is 15.4. The molecule has 0 aliphatic heterocycles. The van der Waals surface area contributed by atoms with Crippen molar-refractivity contribution >= 4 is 33.6 Å². The molecule has 27 heavy (non-hydrogen) atoms. The number of nitrogens with one attached hydrogen (secondary N) is 2. The number of carbonyl (C=O) groups excluding carboxylic acids is 1. The minimum Gasteiger partial charge on any atom is -0.349 e. The van der Waals surface area contributed by atoms with Crippen molar-refractivity contribution < 1.29 is 4.79 Å². The van der Waals surface area contributed by atoms with Crippen molar-refractivity contribution in [2.75, 3.05) is 0 Å². The van der Waals surface area contributed by atoms with Crippen LogP contribution in [0.15, 0.2) is 41.7 Å². The summed E-state index contributed by atoms with van der Waals surface area (Å²) in [6.07, 6.45) is 6.59. The van der Waals surface area contributed by atoms with Gasteiger partial charge in [0.2, 0.25) is 5.43 Å². The van der Waals surface area contributed by atoms with Crippen molar-refractivity contribution in [1.29, 1.82) is 0 Å². The maximum atomic E-state index is 12.4. The average Bonchev–Trinajstić information content (AvgIpc) is 3.20. The van der Waals surface area contributed by atoms with Crippen LogP contribution in [0.1, 0.15) is 22.8 Å². The van der Waals surface area contributed by atoms with E-state index in [4.69, 9.17) is 0 Å². The number of ketones is 1. The SMILES string of the molecule is CC(=O)c1c2[nH]c(-c3cnccn3)c[nH]c2n2c1nc1c(=O)ccc(C)c12. The summed E-state index contributed by atoms with van der Waals surface area (Å²) in [4.78, 5) is 44.1. The highest BCUT2D eigenvalue weighted by Gasteiger charge is 2.23. The molecule has 0 radical (unpaired) electrons. The Balaban J connectivity index is 1.97. The number of hydrogen-bond donors (Lipinski definition) is 2. The van der Waals surface area contributed by atoms with Gasteiger partial charge in [-0.1, -0.05) is 6.07 Å². The topological polar surface area (TPSA) is 109 Å². The smallest absolute Gasteiger partial charge is 0.206 e. The van der Waals surface area contributed by atoms with Crippen molar-refractivity contribution in [3.63, 3.8) is 0 Å². The van der Waals surface area contributed by atoms with Crippen LogP contribution >= 0.6 is 0 Å². The molecule has 0 spiro atoms. The predicted molar refractivity (Wildman–Crippen MR) is 101 cm³/mol. The number of carbonyl (C=O) groups is 1. The summed E-state index contributed by atoms with van der Waals surface area (Å²) in [6.45, 7) is 3.40. The second-order valence-corrected chi connectivity index (χ2v) is 6.42. The zero-order valence-corrected chi connectivity index (χ0v) is 14.6. The van der Waals surface area contributed by atoms with E-state index in [-0.39, 0.29) is 11.2 Å². The summed E-state index contributed by atoms with van der Waals surface area (Å²) in [5.41, 5.74) is 5.32. The molecule has 0 saturated heterocycles. The number of nitrogens with zero attached hydrogens (tertiary/aromatic N) is 4. The molecular weight excluding hydrogens is 344 g/mol. The van der Waals surface area contributed by atoms with Gasteiger partial charge in [-0.2, -0.15) is 0 Å². The molecule has 2 N–H and O–H groups in total. The lowest BCUT2D eigenvalue weighted by Crippen LogP contribution is -2.01. The quantitative estimate of drug-likeness (QED) is 0.472. The molecule has 8 heteroatoms. The first-order valence-electron chi connectivity index (χ1n) is 8.38. The van der Waals surface area contributed by atoms with Crippen LogP contribution in [0.5, 0.6) is 0 Å². The normalized spacial score (nSPS) is 11.6. The molecule has 0 unspecified atom stereocenters. The number of rotatable bonds is 2. The lowest BCUT2D eigenvalue weighted by Gasteiger charge is -2.04. The molecule has 0 bridgehead atoms. The van der Waals surface area contributed by atoms with Crippen LogP contribution in [0.4, 0.5) is 0 Å². The Morgan fingerprint density at radius 1 is 1.22 bits per heavy atom. The third-order valence-electron chi connectivity index (χ3n) is 4.71. The molecule has 5 aromatic rings. The molecule has 0 amide bonds. The van der Waals surface area contributed by atoms with Gasteiger partial charge in [0, 0.05) is 18.6 Å². The summed E-state index contributed by atoms with van der Waals surface area (Å²) in [5, 5.41) is 0. The van der Waals surface area contributed by atoms with Gasteiger partial charge in [-0.3, -0.25) is 24.0 Å². The highest BCUT2D eigenvalue weighted by Crippen LogP contribution is 2.30. The van der Waals surface area contributed by atoms with Crippen LogP contribution in [0.3, 0.4) is 0 Å². The van der Waals surface area contributed by atoms with Gasteiger partial charge in [0.15, 0.2) is 11.4 Å². The molecular formula is C19H14N6O2. The average molecular weight is 358 g/mol. The van der Waals surface area contributed by atoms with Crippen molar-refractivity contribution in [3.8, 4) is 11.4 Å². The third kappa shape index (κ3) is 2.06. The first-order chi connectivity index (χ1) is 13.1. The second-order valence-electron chi connectivity index (χ2n) is 6.42. The van der Waals surface area contributed by atoms with E-state index in [0.29, 0.717) is 44.8 Å². The van der Waals surface area contributed by atoms with Gasteiger partial charge in [0.25, 0.3) is 0 Å². The number of H-pyrrole nitrogens is 2. The molecule has 0 atom stereocenters. The van der Waals surface area contributed by atoms with E-state index in [0.717, 1.165) is 5.56 Å². The van der Waals surface area contributed by atoms with E-state index >= 15 is 0 Å². The molecule has 0 aliphatic rings. The van der Waals surface area contributed by atoms with Gasteiger partial charge < -0.3 is 9.97 Å². The molecule has 4 heterocycles. The van der Waals surface area contributed by atoms with Gasteiger partial charge in [0.1, 0.15) is 16.9 Å². The summed E-state index contributed by atoms with van der Waals surface area (Å²) >= 11 is 0. The fourth-order valence-electron chi connectivity index (χ4n) is 3.52. The highest BCUT2D eigenvalue weighted by molar-refractivity contribution is 6.13. The van der Waals surface area contributed by atoms with Gasteiger partial charge in [-0.15, -0.1) is 0 Å². The van der Waals surface area contributed by atoms with E-state index in [1.165, 1.54) is 13.0 Å². The second kappa shape index (κ2) is 5.34. The minimum atomic E-state index is -0.165. The van der Waals surface area contributed by atoms with E-state index < -0.39 is 0 Å². The maximum absolute atomic E-state index is 12.4. The standard InChI is InChI=1S/C19H14N6O2/c1-9-3-4-13(27)15-17(9)25-18(24-15)14(10(2)26)16-19(25)22-8-12(23-16)11-7-20-5-6-21-11/h3-8,22-23H,1-2H3. The lowest BCUT2D eigenvalue weighted by molar-refractivity contribution is 0.102. The van der Waals surface area contributed by atoms with Gasteiger partial charge in [0.05, 0.1) is 28.5 Å². The van der Waals surface area contributed by atoms with Gasteiger partial charge in [-0.25, -0.2) is 4.98 Å². The van der Waals surface area contributed by atoms with Crippen LogP contribution in [0.2, 0.25) is 0 Å². The molecule has 4 aromatic heterocycles. The number of aromatic amines is 2. The summed E-state index contributed by atoms with van der Waals surface area (Å²) in [5.74, 6) is -0.142. The van der Waals surface area contributed by atoms with Crippen LogP contribution in [0.25, 0.3) is 39.2 Å². The van der Waals surface area contributed by atoms with Crippen LogP contribution in [0, 0.1) is 6.92 Å². The zero-order valence-electron chi connectivity index (χ0n) is 14.6. The van der Waals surface area contributed by atoms with Crippen LogP contribution in [-0.4, -0.2) is 35.1 Å². The Kier molecular flexibility index (Phi) is 3.06. The number of Topliss-reactive ketones (excluding diaryl/α,β-unsaturated/α-hetero) is 1. The van der Waals surface area contributed by atoms with Crippen molar-refractivity contribution in [3.05, 3.63) is 58.3 Å². The largest absolute Gasteiger partial charge is 0.349 e. The lowest BCUT2D eigenvalue weighted by atomic mass is 10.2. The maximum Gasteiger partial charge on any atom is 0.206 e. The summed E-state index contributed by atoms with van der Waals surface area (Å²) in [6, 6.07) is 3.27. The van der Waals surface area contributed by atoms with E-state index in [9.17, 15) is 9.59 Å². The Morgan fingerprint density at radius 2 is 2.07 bits per heavy atom. The van der Waals surface area contributed by atoms with Gasteiger partial charge >= 0.3 is 0 Å². The number of aromatic nitrogens is 6. The highest BCUT2D eigenvalue weighted by atomic mass is 16.1. The van der Waals surface area contributed by atoms with Gasteiger partial charge in [-0.05, 0) is 25.5 Å². The van der Waals surface area contributed by atoms with Crippen molar-refractivity contribution in [1.82, 2.24) is 29.3 Å². The molecule has 8 nitrogen and oxygen atoms in total. The Labute approximate surface area is 151 Å². The number of aryl methyl sites for hydroxylation is 1. The number of benzene rings is 1. The fourth-order valence-corrected chi connectivity index (χ4v) is 3.52. The Hall–Kier alpha value is -3.81. The molecule has 5 rings (SSSR count). The first-order valence-corrected chi connectivity index (χ1v) is 8.38. The van der Waals surface area contributed by atoms with Crippen molar-refractivity contribution in [2.24, 2.45) is 0 Å². The fraction of sp³-hybridized carbons (Fsp3) is 0.105. The molecule has 132 valence electrons. The number of hydrogen-bond acceptors (Lipinski definition) is 5. The Bertz CT molecular complexity index is 1430. The molecule has 0 fully saturated rings.